The summed E-state index contributed by atoms with van der Waals surface area (Å²) in [6.07, 6.45) is 1.58. The van der Waals surface area contributed by atoms with Gasteiger partial charge in [-0.25, -0.2) is 9.79 Å². The van der Waals surface area contributed by atoms with E-state index in [1.165, 1.54) is 19.1 Å². The van der Waals surface area contributed by atoms with E-state index in [2.05, 4.69) is 26.2 Å². The Morgan fingerprint density at radius 2 is 1.84 bits per heavy atom. The highest BCUT2D eigenvalue weighted by Crippen LogP contribution is 2.38. The number of amides is 1. The first-order valence-corrected chi connectivity index (χ1v) is 12.3. The number of carbonyl (C=O) groups excluding carboxylic acids is 2. The summed E-state index contributed by atoms with van der Waals surface area (Å²) < 4.78 is 17.6. The number of halogens is 1. The number of benzene rings is 3. The molecule has 4 rings (SSSR count). The van der Waals surface area contributed by atoms with E-state index in [-0.39, 0.29) is 29.8 Å². The van der Waals surface area contributed by atoms with Crippen molar-refractivity contribution in [3.05, 3.63) is 97.6 Å². The van der Waals surface area contributed by atoms with Crippen LogP contribution in [0.1, 0.15) is 30.5 Å². The Labute approximate surface area is 226 Å². The molecular formula is C27H22BrN3O7. The molecule has 0 bridgehead atoms. The largest absolute Gasteiger partial charge is 0.490 e. The molecule has 1 N–H and O–H groups in total. The van der Waals surface area contributed by atoms with E-state index in [0.29, 0.717) is 39.4 Å². The van der Waals surface area contributed by atoms with Crippen LogP contribution in [0.3, 0.4) is 0 Å². The van der Waals surface area contributed by atoms with Crippen molar-refractivity contribution in [1.82, 2.24) is 0 Å². The molecule has 0 fully saturated rings. The number of esters is 1. The van der Waals surface area contributed by atoms with Crippen LogP contribution in [-0.4, -0.2) is 29.3 Å². The summed E-state index contributed by atoms with van der Waals surface area (Å²) in [6, 6.07) is 16.3. The van der Waals surface area contributed by atoms with Crippen molar-refractivity contribution in [2.24, 2.45) is 4.99 Å². The lowest BCUT2D eigenvalue weighted by Crippen LogP contribution is -2.07. The van der Waals surface area contributed by atoms with Crippen LogP contribution in [0.2, 0.25) is 0 Å². The van der Waals surface area contributed by atoms with E-state index in [0.717, 1.165) is 5.56 Å². The topological polar surface area (TPSA) is 129 Å². The van der Waals surface area contributed by atoms with Gasteiger partial charge in [-0.2, -0.15) is 0 Å². The third kappa shape index (κ3) is 6.43. The zero-order valence-electron chi connectivity index (χ0n) is 20.4. The number of aliphatic imine (C=N–C) groups is 1. The molecule has 1 aliphatic rings. The smallest absolute Gasteiger partial charge is 0.363 e. The number of nitrogens with zero attached hydrogens (tertiary/aromatic N) is 2. The fourth-order valence-corrected chi connectivity index (χ4v) is 4.11. The van der Waals surface area contributed by atoms with Crippen LogP contribution in [0.15, 0.2) is 75.8 Å². The number of nitro groups is 1. The molecule has 0 radical (unpaired) electrons. The van der Waals surface area contributed by atoms with Gasteiger partial charge in [-0.05, 0) is 88.6 Å². The van der Waals surface area contributed by atoms with E-state index >= 15 is 0 Å². The van der Waals surface area contributed by atoms with Crippen LogP contribution >= 0.6 is 15.9 Å². The Hall–Kier alpha value is -4.51. The molecule has 0 aromatic heterocycles. The second-order valence-corrected chi connectivity index (χ2v) is 8.92. The monoisotopic (exact) mass is 579 g/mol. The van der Waals surface area contributed by atoms with Crippen LogP contribution < -0.4 is 14.8 Å². The van der Waals surface area contributed by atoms with Gasteiger partial charge in [-0.15, -0.1) is 0 Å². The predicted octanol–water partition coefficient (Wildman–Crippen LogP) is 5.64. The second kappa shape index (κ2) is 11.7. The van der Waals surface area contributed by atoms with Crippen molar-refractivity contribution in [2.45, 2.75) is 20.5 Å². The molecule has 3 aromatic rings. The zero-order chi connectivity index (χ0) is 27.2. The lowest BCUT2D eigenvalue weighted by molar-refractivity contribution is -0.384. The molecule has 1 heterocycles. The van der Waals surface area contributed by atoms with Gasteiger partial charge in [0.1, 0.15) is 6.61 Å². The molecule has 0 unspecified atom stereocenters. The number of nitrogens with one attached hydrogen (secondary N) is 1. The summed E-state index contributed by atoms with van der Waals surface area (Å²) in [4.78, 5) is 38.4. The lowest BCUT2D eigenvalue weighted by Gasteiger charge is -2.15. The fraction of sp³-hybridized carbons (Fsp3) is 0.148. The predicted molar refractivity (Wildman–Crippen MR) is 144 cm³/mol. The van der Waals surface area contributed by atoms with Crippen LogP contribution in [0.5, 0.6) is 11.5 Å². The zero-order valence-corrected chi connectivity index (χ0v) is 22.0. The third-order valence-electron chi connectivity index (χ3n) is 5.24. The Morgan fingerprint density at radius 1 is 1.13 bits per heavy atom. The molecule has 0 atom stereocenters. The maximum absolute atomic E-state index is 12.5. The molecule has 0 spiro atoms. The van der Waals surface area contributed by atoms with E-state index in [1.54, 1.807) is 54.6 Å². The van der Waals surface area contributed by atoms with Crippen molar-refractivity contribution in [1.29, 1.82) is 0 Å². The highest BCUT2D eigenvalue weighted by atomic mass is 79.9. The molecule has 0 aliphatic carbocycles. The van der Waals surface area contributed by atoms with E-state index in [9.17, 15) is 19.7 Å². The highest BCUT2D eigenvalue weighted by Gasteiger charge is 2.24. The molecule has 3 aromatic carbocycles. The number of cyclic esters (lactones) is 1. The summed E-state index contributed by atoms with van der Waals surface area (Å²) in [5.41, 5.74) is 2.69. The Bertz CT molecular complexity index is 1450. The normalized spacial score (nSPS) is 13.6. The lowest BCUT2D eigenvalue weighted by atomic mass is 10.1. The van der Waals surface area contributed by atoms with Gasteiger partial charge in [0.05, 0.1) is 16.0 Å². The van der Waals surface area contributed by atoms with Crippen LogP contribution in [0.4, 0.5) is 11.4 Å². The van der Waals surface area contributed by atoms with Gasteiger partial charge in [0.15, 0.2) is 17.2 Å². The summed E-state index contributed by atoms with van der Waals surface area (Å²) in [7, 11) is 0. The van der Waals surface area contributed by atoms with Gasteiger partial charge in [0.2, 0.25) is 11.8 Å². The Balaban J connectivity index is 1.55. The first-order chi connectivity index (χ1) is 18.2. The number of nitro benzene ring substituents is 1. The Kier molecular flexibility index (Phi) is 8.17. The van der Waals surface area contributed by atoms with Crippen molar-refractivity contribution < 1.29 is 28.7 Å². The Morgan fingerprint density at radius 3 is 2.47 bits per heavy atom. The first kappa shape index (κ1) is 26.6. The molecule has 1 aliphatic heterocycles. The van der Waals surface area contributed by atoms with Crippen molar-refractivity contribution >= 4 is 51.2 Å². The molecule has 1 amide bonds. The minimum atomic E-state index is -0.599. The van der Waals surface area contributed by atoms with Gasteiger partial charge in [0, 0.05) is 30.3 Å². The summed E-state index contributed by atoms with van der Waals surface area (Å²) >= 11 is 3.50. The fourth-order valence-electron chi connectivity index (χ4n) is 3.53. The van der Waals surface area contributed by atoms with Gasteiger partial charge >= 0.3 is 5.97 Å². The number of hydrogen-bond donors (Lipinski definition) is 1. The quantitative estimate of drug-likeness (QED) is 0.150. The average Bonchev–Trinajstić information content (AvgIpc) is 3.24. The van der Waals surface area contributed by atoms with E-state index in [1.807, 2.05) is 6.92 Å². The van der Waals surface area contributed by atoms with Gasteiger partial charge in [-0.3, -0.25) is 14.9 Å². The molecule has 11 heteroatoms. The second-order valence-electron chi connectivity index (χ2n) is 8.07. The van der Waals surface area contributed by atoms with E-state index in [4.69, 9.17) is 14.2 Å². The van der Waals surface area contributed by atoms with Gasteiger partial charge in [-0.1, -0.05) is 0 Å². The first-order valence-electron chi connectivity index (χ1n) is 11.5. The molecule has 0 saturated carbocycles. The summed E-state index contributed by atoms with van der Waals surface area (Å²) in [5.74, 6) is 0.263. The third-order valence-corrected chi connectivity index (χ3v) is 5.83. The standard InChI is InChI=1S/C27H22BrN3O7/c1-3-36-24-14-18(12-22(28)25(24)37-15-17-4-10-21(11-5-17)31(34)35)13-23-27(33)38-26(30-23)19-6-8-20(9-7-19)29-16(2)32/h4-14H,3,15H2,1-2H3,(H,29,32)/b23-13-. The minimum Gasteiger partial charge on any atom is -0.490 e. The molecule has 194 valence electrons. The number of carbonyl (C=O) groups is 2. The molecule has 38 heavy (non-hydrogen) atoms. The van der Waals surface area contributed by atoms with Crippen LogP contribution in [0.25, 0.3) is 6.08 Å². The molecular weight excluding hydrogens is 558 g/mol. The van der Waals surface area contributed by atoms with Gasteiger partial charge in [0.25, 0.3) is 5.69 Å². The molecule has 10 nitrogen and oxygen atoms in total. The average molecular weight is 580 g/mol. The summed E-state index contributed by atoms with van der Waals surface area (Å²) in [5, 5.41) is 13.5. The SMILES string of the molecule is CCOc1cc(/C=C2\N=C(c3ccc(NC(C)=O)cc3)OC2=O)cc(Br)c1OCc1ccc([N+](=O)[O-])cc1. The van der Waals surface area contributed by atoms with Crippen molar-refractivity contribution in [3.8, 4) is 11.5 Å². The maximum Gasteiger partial charge on any atom is 0.363 e. The van der Waals surface area contributed by atoms with E-state index < -0.39 is 10.9 Å². The van der Waals surface area contributed by atoms with Crippen molar-refractivity contribution in [2.75, 3.05) is 11.9 Å². The maximum atomic E-state index is 12.5. The van der Waals surface area contributed by atoms with Crippen molar-refractivity contribution in [3.63, 3.8) is 0 Å². The highest BCUT2D eigenvalue weighted by molar-refractivity contribution is 9.10. The summed E-state index contributed by atoms with van der Waals surface area (Å²) in [6.45, 7) is 3.79. The number of non-ortho nitro benzene ring substituents is 1. The number of ether oxygens (including phenoxy) is 3. The van der Waals surface area contributed by atoms with Gasteiger partial charge < -0.3 is 19.5 Å². The minimum absolute atomic E-state index is 0.000543. The van der Waals surface area contributed by atoms with Crippen LogP contribution in [0, 0.1) is 10.1 Å². The number of anilines is 1. The number of hydrogen-bond acceptors (Lipinski definition) is 8. The van der Waals surface area contributed by atoms with Crippen LogP contribution in [-0.2, 0) is 20.9 Å². The number of rotatable bonds is 9. The molecule has 0 saturated heterocycles.